The van der Waals surface area contributed by atoms with Gasteiger partial charge in [-0.25, -0.2) is 0 Å². The zero-order valence-electron chi connectivity index (χ0n) is 13.5. The number of methoxy groups -OCH3 is 1. The van der Waals surface area contributed by atoms with E-state index in [-0.39, 0.29) is 0 Å². The standard InChI is InChI=1S/C16H29NO4/c1-14(2)12-20-13-15(18)10-17(7-5-8-19-3)11-16-6-4-9-21-16/h4,6,9,14-15,18H,5,7-8,10-13H2,1-3H3. The summed E-state index contributed by atoms with van der Waals surface area (Å²) in [6.45, 7) is 8.08. The fourth-order valence-electron chi connectivity index (χ4n) is 2.08. The topological polar surface area (TPSA) is 55.1 Å². The van der Waals surface area contributed by atoms with Crippen molar-refractivity contribution in [2.75, 3.05) is 40.0 Å². The van der Waals surface area contributed by atoms with E-state index in [2.05, 4.69) is 18.7 Å². The van der Waals surface area contributed by atoms with Crippen LogP contribution in [0.1, 0.15) is 26.0 Å². The van der Waals surface area contributed by atoms with E-state index in [1.54, 1.807) is 13.4 Å². The highest BCUT2D eigenvalue weighted by Gasteiger charge is 2.14. The summed E-state index contributed by atoms with van der Waals surface area (Å²) in [7, 11) is 1.70. The summed E-state index contributed by atoms with van der Waals surface area (Å²) in [5.41, 5.74) is 0. The minimum atomic E-state index is -0.485. The van der Waals surface area contributed by atoms with E-state index in [1.165, 1.54) is 0 Å². The van der Waals surface area contributed by atoms with Crippen LogP contribution in [0.3, 0.4) is 0 Å². The molecule has 1 aromatic heterocycles. The lowest BCUT2D eigenvalue weighted by atomic mass is 10.2. The van der Waals surface area contributed by atoms with Crippen LogP contribution in [0, 0.1) is 5.92 Å². The van der Waals surface area contributed by atoms with Crippen molar-refractivity contribution in [1.29, 1.82) is 0 Å². The summed E-state index contributed by atoms with van der Waals surface area (Å²) in [5.74, 6) is 1.39. The molecule has 1 rings (SSSR count). The fourth-order valence-corrected chi connectivity index (χ4v) is 2.08. The van der Waals surface area contributed by atoms with Crippen LogP contribution in [-0.4, -0.2) is 56.1 Å². The van der Waals surface area contributed by atoms with Crippen molar-refractivity contribution in [3.8, 4) is 0 Å². The third kappa shape index (κ3) is 8.88. The zero-order valence-corrected chi connectivity index (χ0v) is 13.5. The first kappa shape index (κ1) is 18.2. The van der Waals surface area contributed by atoms with Gasteiger partial charge in [0.25, 0.3) is 0 Å². The summed E-state index contributed by atoms with van der Waals surface area (Å²) in [4.78, 5) is 2.17. The van der Waals surface area contributed by atoms with Crippen LogP contribution >= 0.6 is 0 Å². The number of hydrogen-bond donors (Lipinski definition) is 1. The molecule has 0 aliphatic heterocycles. The lowest BCUT2D eigenvalue weighted by molar-refractivity contribution is 0.00489. The van der Waals surface area contributed by atoms with Gasteiger partial charge in [0.05, 0.1) is 25.5 Å². The Labute approximate surface area is 127 Å². The molecule has 1 unspecified atom stereocenters. The Hall–Kier alpha value is -0.880. The predicted molar refractivity (Wildman–Crippen MR) is 82.1 cm³/mol. The summed E-state index contributed by atoms with van der Waals surface area (Å²) in [6, 6.07) is 3.83. The summed E-state index contributed by atoms with van der Waals surface area (Å²) < 4.78 is 16.0. The van der Waals surface area contributed by atoms with Crippen LogP contribution in [0.25, 0.3) is 0 Å². The molecule has 0 amide bonds. The van der Waals surface area contributed by atoms with Gasteiger partial charge in [0.2, 0.25) is 0 Å². The molecule has 0 bridgehead atoms. The maximum atomic E-state index is 10.1. The first-order valence-corrected chi connectivity index (χ1v) is 7.61. The normalized spacial score (nSPS) is 13.2. The summed E-state index contributed by atoms with van der Waals surface area (Å²) in [6.07, 6.45) is 2.11. The molecule has 0 aliphatic rings. The molecular weight excluding hydrogens is 270 g/mol. The van der Waals surface area contributed by atoms with Crippen molar-refractivity contribution in [3.05, 3.63) is 24.2 Å². The highest BCUT2D eigenvalue weighted by molar-refractivity contribution is 4.97. The molecule has 1 atom stereocenters. The number of ether oxygens (including phenoxy) is 2. The number of nitrogens with zero attached hydrogens (tertiary/aromatic N) is 1. The molecule has 122 valence electrons. The first-order chi connectivity index (χ1) is 10.1. The van der Waals surface area contributed by atoms with Gasteiger partial charge in [-0.05, 0) is 24.5 Å². The Morgan fingerprint density at radius 2 is 2.14 bits per heavy atom. The molecule has 0 fully saturated rings. The molecule has 1 heterocycles. The third-order valence-electron chi connectivity index (χ3n) is 3.01. The smallest absolute Gasteiger partial charge is 0.117 e. The molecule has 0 saturated heterocycles. The predicted octanol–water partition coefficient (Wildman–Crippen LogP) is 2.15. The zero-order chi connectivity index (χ0) is 15.5. The second kappa shape index (κ2) is 10.8. The summed E-state index contributed by atoms with van der Waals surface area (Å²) in [5, 5.41) is 10.1. The van der Waals surface area contributed by atoms with Crippen LogP contribution < -0.4 is 0 Å². The average Bonchev–Trinajstić information content (AvgIpc) is 2.91. The van der Waals surface area contributed by atoms with Gasteiger partial charge < -0.3 is 19.0 Å². The molecule has 0 spiro atoms. The highest BCUT2D eigenvalue weighted by Crippen LogP contribution is 2.07. The van der Waals surface area contributed by atoms with Gasteiger partial charge in [0, 0.05) is 33.4 Å². The van der Waals surface area contributed by atoms with Crippen LogP contribution in [0.15, 0.2) is 22.8 Å². The van der Waals surface area contributed by atoms with Crippen LogP contribution in [-0.2, 0) is 16.0 Å². The highest BCUT2D eigenvalue weighted by atomic mass is 16.5. The van der Waals surface area contributed by atoms with E-state index >= 15 is 0 Å². The molecule has 0 radical (unpaired) electrons. The first-order valence-electron chi connectivity index (χ1n) is 7.61. The van der Waals surface area contributed by atoms with Gasteiger partial charge in [0.1, 0.15) is 5.76 Å². The Morgan fingerprint density at radius 1 is 1.33 bits per heavy atom. The van der Waals surface area contributed by atoms with Gasteiger partial charge in [-0.1, -0.05) is 13.8 Å². The maximum Gasteiger partial charge on any atom is 0.117 e. The van der Waals surface area contributed by atoms with Crippen molar-refractivity contribution in [1.82, 2.24) is 4.90 Å². The van der Waals surface area contributed by atoms with Crippen LogP contribution in [0.2, 0.25) is 0 Å². The minimum Gasteiger partial charge on any atom is -0.468 e. The Bertz CT molecular complexity index is 340. The minimum absolute atomic E-state index is 0.372. The molecule has 1 aromatic rings. The van der Waals surface area contributed by atoms with Gasteiger partial charge in [-0.2, -0.15) is 0 Å². The van der Waals surface area contributed by atoms with Crippen molar-refractivity contribution in [2.45, 2.75) is 32.9 Å². The summed E-state index contributed by atoms with van der Waals surface area (Å²) >= 11 is 0. The second-order valence-corrected chi connectivity index (χ2v) is 5.75. The van der Waals surface area contributed by atoms with E-state index in [4.69, 9.17) is 13.9 Å². The Kier molecular flexibility index (Phi) is 9.34. The van der Waals surface area contributed by atoms with Gasteiger partial charge in [0.15, 0.2) is 0 Å². The quantitative estimate of drug-likeness (QED) is 0.599. The van der Waals surface area contributed by atoms with E-state index in [1.807, 2.05) is 12.1 Å². The molecule has 0 aliphatic carbocycles. The molecule has 1 N–H and O–H groups in total. The third-order valence-corrected chi connectivity index (χ3v) is 3.01. The molecule has 21 heavy (non-hydrogen) atoms. The Balaban J connectivity index is 2.35. The molecule has 0 aromatic carbocycles. The van der Waals surface area contributed by atoms with Gasteiger partial charge in [-0.3, -0.25) is 4.90 Å². The molecule has 5 heteroatoms. The lowest BCUT2D eigenvalue weighted by Crippen LogP contribution is -2.35. The SMILES string of the molecule is COCCCN(Cc1ccco1)CC(O)COCC(C)C. The second-order valence-electron chi connectivity index (χ2n) is 5.75. The van der Waals surface area contributed by atoms with Gasteiger partial charge >= 0.3 is 0 Å². The number of aliphatic hydroxyl groups excluding tert-OH is 1. The largest absolute Gasteiger partial charge is 0.468 e. The van der Waals surface area contributed by atoms with E-state index in [0.29, 0.717) is 38.8 Å². The monoisotopic (exact) mass is 299 g/mol. The lowest BCUT2D eigenvalue weighted by Gasteiger charge is -2.24. The van der Waals surface area contributed by atoms with Crippen molar-refractivity contribution >= 4 is 0 Å². The van der Waals surface area contributed by atoms with Crippen molar-refractivity contribution in [2.24, 2.45) is 5.92 Å². The van der Waals surface area contributed by atoms with Crippen molar-refractivity contribution < 1.29 is 19.0 Å². The maximum absolute atomic E-state index is 10.1. The van der Waals surface area contributed by atoms with E-state index in [0.717, 1.165) is 18.7 Å². The van der Waals surface area contributed by atoms with E-state index < -0.39 is 6.10 Å². The molecule has 0 saturated carbocycles. The van der Waals surface area contributed by atoms with E-state index in [9.17, 15) is 5.11 Å². The van der Waals surface area contributed by atoms with Gasteiger partial charge in [-0.15, -0.1) is 0 Å². The average molecular weight is 299 g/mol. The number of rotatable bonds is 12. The van der Waals surface area contributed by atoms with Crippen LogP contribution in [0.4, 0.5) is 0 Å². The molecule has 5 nitrogen and oxygen atoms in total. The Morgan fingerprint density at radius 3 is 2.76 bits per heavy atom. The number of hydrogen-bond acceptors (Lipinski definition) is 5. The number of aliphatic hydroxyl groups is 1. The van der Waals surface area contributed by atoms with Crippen LogP contribution in [0.5, 0.6) is 0 Å². The fraction of sp³-hybridized carbons (Fsp3) is 0.750. The molecular formula is C16H29NO4. The number of furan rings is 1. The van der Waals surface area contributed by atoms with Crippen molar-refractivity contribution in [3.63, 3.8) is 0 Å².